The van der Waals surface area contributed by atoms with Crippen LogP contribution in [0.15, 0.2) is 70.6 Å². The highest BCUT2D eigenvalue weighted by Gasteiger charge is 2.30. The van der Waals surface area contributed by atoms with Crippen LogP contribution >= 0.6 is 11.8 Å². The Kier molecular flexibility index (Phi) is 4.45. The van der Waals surface area contributed by atoms with Crippen molar-refractivity contribution in [1.82, 2.24) is 0 Å². The van der Waals surface area contributed by atoms with Crippen LogP contribution in [0.5, 0.6) is 0 Å². The third-order valence-electron chi connectivity index (χ3n) is 7.06. The van der Waals surface area contributed by atoms with E-state index in [4.69, 9.17) is 0 Å². The molecule has 0 radical (unpaired) electrons. The molecule has 1 aliphatic rings. The van der Waals surface area contributed by atoms with Crippen LogP contribution < -0.4 is 4.57 Å². The normalized spacial score (nSPS) is 13.2. The second-order valence-electron chi connectivity index (χ2n) is 10.9. The molecule has 5 aromatic rings. The third-order valence-corrected chi connectivity index (χ3v) is 8.23. The minimum Gasteiger partial charge on any atom is -0.200 e. The highest BCUT2D eigenvalue weighted by Crippen LogP contribution is 2.52. The van der Waals surface area contributed by atoms with Gasteiger partial charge in [-0.25, -0.2) is 4.57 Å². The van der Waals surface area contributed by atoms with E-state index in [-0.39, 0.29) is 5.41 Å². The SMILES string of the molecule is Cc1cccc2c(C)c3c(cc12)Sc1c2ccc(CC(C)(C)C)cc2cc2cc[n+](C)c-3c12. The summed E-state index contributed by atoms with van der Waals surface area (Å²) in [6.07, 6.45) is 3.32. The number of benzene rings is 4. The Morgan fingerprint density at radius 3 is 2.45 bits per heavy atom. The summed E-state index contributed by atoms with van der Waals surface area (Å²) in [5.74, 6) is 0. The third kappa shape index (κ3) is 3.19. The van der Waals surface area contributed by atoms with Crippen molar-refractivity contribution >= 4 is 44.1 Å². The molecule has 0 aliphatic carbocycles. The first-order valence-corrected chi connectivity index (χ1v) is 12.6. The van der Waals surface area contributed by atoms with Gasteiger partial charge in [-0.05, 0) is 81.4 Å². The van der Waals surface area contributed by atoms with Gasteiger partial charge in [-0.2, -0.15) is 0 Å². The van der Waals surface area contributed by atoms with Crippen LogP contribution in [0.1, 0.15) is 37.5 Å². The zero-order valence-corrected chi connectivity index (χ0v) is 21.2. The van der Waals surface area contributed by atoms with Gasteiger partial charge in [0, 0.05) is 15.9 Å². The lowest BCUT2D eigenvalue weighted by Gasteiger charge is -2.23. The minimum absolute atomic E-state index is 0.282. The lowest BCUT2D eigenvalue weighted by Crippen LogP contribution is -2.31. The molecule has 2 heterocycles. The largest absolute Gasteiger partial charge is 0.222 e. The topological polar surface area (TPSA) is 3.88 Å². The second kappa shape index (κ2) is 7.08. The van der Waals surface area contributed by atoms with Crippen LogP contribution in [0.4, 0.5) is 0 Å². The molecule has 0 bridgehead atoms. The summed E-state index contributed by atoms with van der Waals surface area (Å²) in [7, 11) is 2.19. The summed E-state index contributed by atoms with van der Waals surface area (Å²) >= 11 is 1.96. The molecule has 4 aromatic carbocycles. The molecule has 0 amide bonds. The van der Waals surface area contributed by atoms with Crippen molar-refractivity contribution in [2.45, 2.75) is 50.8 Å². The van der Waals surface area contributed by atoms with Crippen LogP contribution in [0.2, 0.25) is 0 Å². The standard InChI is InChI=1S/C31H30NS/c1-18-8-7-9-23-19(2)27-26(16-25(18)23)33-30-24-11-10-20(17-31(3,4)5)14-22(24)15-21-12-13-32(6)29(27)28(21)30/h7-16H,17H2,1-6H3/q+1. The molecule has 0 atom stereocenters. The molecule has 1 nitrogen and oxygen atoms in total. The average molecular weight is 449 g/mol. The first kappa shape index (κ1) is 20.7. The van der Waals surface area contributed by atoms with Crippen molar-refractivity contribution in [2.24, 2.45) is 12.5 Å². The van der Waals surface area contributed by atoms with Gasteiger partial charge in [-0.1, -0.05) is 68.9 Å². The molecule has 0 saturated heterocycles. The van der Waals surface area contributed by atoms with Gasteiger partial charge >= 0.3 is 0 Å². The molecule has 1 aromatic heterocycles. The summed E-state index contributed by atoms with van der Waals surface area (Å²) in [4.78, 5) is 2.77. The van der Waals surface area contributed by atoms with Crippen molar-refractivity contribution in [3.05, 3.63) is 77.5 Å². The van der Waals surface area contributed by atoms with Gasteiger partial charge in [-0.15, -0.1) is 0 Å². The Morgan fingerprint density at radius 1 is 0.848 bits per heavy atom. The van der Waals surface area contributed by atoms with Crippen LogP contribution in [0.3, 0.4) is 0 Å². The fourth-order valence-corrected chi connectivity index (χ4v) is 6.96. The van der Waals surface area contributed by atoms with Crippen LogP contribution in [-0.2, 0) is 13.5 Å². The van der Waals surface area contributed by atoms with Gasteiger partial charge < -0.3 is 0 Å². The maximum atomic E-state index is 2.42. The molecule has 0 fully saturated rings. The number of aryl methyl sites for hydroxylation is 3. The molecule has 1 aliphatic heterocycles. The summed E-state index contributed by atoms with van der Waals surface area (Å²) in [6.45, 7) is 11.5. The molecule has 6 rings (SSSR count). The Labute approximate surface area is 200 Å². The highest BCUT2D eigenvalue weighted by atomic mass is 32.2. The number of hydrogen-bond acceptors (Lipinski definition) is 1. The molecular weight excluding hydrogens is 418 g/mol. The fraction of sp³-hybridized carbons (Fsp3) is 0.258. The number of hydrogen-bond donors (Lipinski definition) is 0. The van der Waals surface area contributed by atoms with Crippen LogP contribution in [0.25, 0.3) is 43.6 Å². The first-order valence-electron chi connectivity index (χ1n) is 11.8. The van der Waals surface area contributed by atoms with Crippen molar-refractivity contribution in [2.75, 3.05) is 0 Å². The van der Waals surface area contributed by atoms with E-state index >= 15 is 0 Å². The fourth-order valence-electron chi connectivity index (χ4n) is 5.60. The maximum absolute atomic E-state index is 2.42. The Balaban J connectivity index is 1.70. The van der Waals surface area contributed by atoms with E-state index in [2.05, 4.69) is 107 Å². The minimum atomic E-state index is 0.282. The molecule has 0 N–H and O–H groups in total. The smallest absolute Gasteiger partial charge is 0.200 e. The van der Waals surface area contributed by atoms with E-state index in [0.717, 1.165) is 6.42 Å². The van der Waals surface area contributed by atoms with Gasteiger partial charge in [0.2, 0.25) is 5.69 Å². The predicted molar refractivity (Wildman–Crippen MR) is 142 cm³/mol. The molecule has 0 saturated carbocycles. The number of fused-ring (bicyclic) bond motifs is 5. The number of aromatic nitrogens is 1. The monoisotopic (exact) mass is 448 g/mol. The number of rotatable bonds is 1. The molecule has 164 valence electrons. The number of nitrogens with zero attached hydrogens (tertiary/aromatic N) is 1. The molecule has 33 heavy (non-hydrogen) atoms. The Morgan fingerprint density at radius 2 is 1.67 bits per heavy atom. The van der Waals surface area contributed by atoms with Gasteiger partial charge in [0.15, 0.2) is 6.20 Å². The van der Waals surface area contributed by atoms with Crippen molar-refractivity contribution in [3.8, 4) is 11.3 Å². The zero-order valence-electron chi connectivity index (χ0n) is 20.3. The lowest BCUT2D eigenvalue weighted by molar-refractivity contribution is -0.659. The maximum Gasteiger partial charge on any atom is 0.222 e. The van der Waals surface area contributed by atoms with E-state index in [9.17, 15) is 0 Å². The van der Waals surface area contributed by atoms with Gasteiger partial charge in [-0.3, -0.25) is 0 Å². The highest BCUT2D eigenvalue weighted by molar-refractivity contribution is 8.00. The Hall–Kier alpha value is -2.84. The average Bonchev–Trinajstić information content (AvgIpc) is 2.75. The van der Waals surface area contributed by atoms with Crippen LogP contribution in [0, 0.1) is 19.3 Å². The number of pyridine rings is 1. The first-order chi connectivity index (χ1) is 15.7. The quantitative estimate of drug-likeness (QED) is 0.181. The second-order valence-corrected chi connectivity index (χ2v) is 11.9. The summed E-state index contributed by atoms with van der Waals surface area (Å²) in [5.41, 5.74) is 7.16. The molecule has 0 spiro atoms. The predicted octanol–water partition coefficient (Wildman–Crippen LogP) is 8.31. The van der Waals surface area contributed by atoms with E-state index in [1.807, 2.05) is 11.8 Å². The van der Waals surface area contributed by atoms with Gasteiger partial charge in [0.1, 0.15) is 7.05 Å². The van der Waals surface area contributed by atoms with Crippen LogP contribution in [-0.4, -0.2) is 0 Å². The zero-order chi connectivity index (χ0) is 23.1. The van der Waals surface area contributed by atoms with E-state index in [1.54, 1.807) is 0 Å². The lowest BCUT2D eigenvalue weighted by atomic mass is 9.87. The van der Waals surface area contributed by atoms with Crippen molar-refractivity contribution in [3.63, 3.8) is 0 Å². The summed E-state index contributed by atoms with van der Waals surface area (Å²) < 4.78 is 2.32. The molecule has 2 heteroatoms. The van der Waals surface area contributed by atoms with Gasteiger partial charge in [0.25, 0.3) is 0 Å². The van der Waals surface area contributed by atoms with E-state index < -0.39 is 0 Å². The van der Waals surface area contributed by atoms with E-state index in [1.165, 1.54) is 70.1 Å². The van der Waals surface area contributed by atoms with Gasteiger partial charge in [0.05, 0.1) is 10.9 Å². The van der Waals surface area contributed by atoms with Crippen molar-refractivity contribution in [1.29, 1.82) is 0 Å². The summed E-state index contributed by atoms with van der Waals surface area (Å²) in [6, 6.07) is 20.9. The molecule has 0 unspecified atom stereocenters. The van der Waals surface area contributed by atoms with Crippen molar-refractivity contribution < 1.29 is 4.57 Å². The Bertz CT molecular complexity index is 1620. The van der Waals surface area contributed by atoms with E-state index in [0.29, 0.717) is 0 Å². The summed E-state index contributed by atoms with van der Waals surface area (Å²) in [5, 5.41) is 8.17. The molecular formula is C31H30NS+.